The van der Waals surface area contributed by atoms with Crippen LogP contribution in [0.1, 0.15) is 6.92 Å². The molecule has 0 spiro atoms. The number of fused-ring (bicyclic) bond motifs is 1. The fraction of sp³-hybridized carbons (Fsp3) is 0.154. The van der Waals surface area contributed by atoms with E-state index >= 15 is 0 Å². The van der Waals surface area contributed by atoms with Gasteiger partial charge < -0.3 is 16.3 Å². The Labute approximate surface area is 99.7 Å². The summed E-state index contributed by atoms with van der Waals surface area (Å²) >= 11 is 0. The summed E-state index contributed by atoms with van der Waals surface area (Å²) in [7, 11) is 0. The van der Waals surface area contributed by atoms with Crippen molar-refractivity contribution in [1.82, 2.24) is 0 Å². The molecule has 1 unspecified atom stereocenters. The van der Waals surface area contributed by atoms with Gasteiger partial charge in [0.1, 0.15) is 0 Å². The molecule has 0 bridgehead atoms. The summed E-state index contributed by atoms with van der Waals surface area (Å²) in [6.45, 7) is 1.84. The molecule has 1 atom stereocenters. The maximum absolute atomic E-state index is 8.58. The van der Waals surface area contributed by atoms with Gasteiger partial charge in [0.05, 0.1) is 6.04 Å². The molecule has 0 saturated carbocycles. The Bertz CT molecular complexity index is 551. The zero-order chi connectivity index (χ0) is 12.3. The van der Waals surface area contributed by atoms with Gasteiger partial charge in [-0.2, -0.15) is 0 Å². The summed E-state index contributed by atoms with van der Waals surface area (Å²) in [5.41, 5.74) is 6.46. The van der Waals surface area contributed by atoms with Gasteiger partial charge in [0, 0.05) is 5.69 Å². The molecule has 0 aliphatic carbocycles. The molecule has 0 amide bonds. The third-order valence-corrected chi connectivity index (χ3v) is 2.69. The van der Waals surface area contributed by atoms with Crippen molar-refractivity contribution in [3.8, 4) is 0 Å². The molecule has 88 valence electrons. The van der Waals surface area contributed by atoms with Gasteiger partial charge in [0.2, 0.25) is 0 Å². The molecule has 4 nitrogen and oxygen atoms in total. The number of anilines is 1. The van der Waals surface area contributed by atoms with Gasteiger partial charge in [-0.05, 0) is 29.8 Å². The average molecular weight is 229 g/mol. The van der Waals surface area contributed by atoms with Crippen LogP contribution in [0.4, 0.5) is 5.69 Å². The highest BCUT2D eigenvalue weighted by Crippen LogP contribution is 2.19. The minimum Gasteiger partial charge on any atom is -0.409 e. The van der Waals surface area contributed by atoms with Crippen molar-refractivity contribution >= 4 is 22.3 Å². The van der Waals surface area contributed by atoms with Gasteiger partial charge >= 0.3 is 0 Å². The van der Waals surface area contributed by atoms with Crippen LogP contribution >= 0.6 is 0 Å². The summed E-state index contributed by atoms with van der Waals surface area (Å²) < 4.78 is 0. The first-order valence-corrected chi connectivity index (χ1v) is 5.43. The molecule has 0 saturated heterocycles. The summed E-state index contributed by atoms with van der Waals surface area (Å²) in [6.07, 6.45) is 0. The maximum atomic E-state index is 8.58. The van der Waals surface area contributed by atoms with E-state index in [0.29, 0.717) is 0 Å². The van der Waals surface area contributed by atoms with Crippen LogP contribution in [-0.2, 0) is 0 Å². The molecular formula is C13H15N3O. The van der Waals surface area contributed by atoms with Crippen molar-refractivity contribution < 1.29 is 5.21 Å². The Balaban J connectivity index is 2.25. The van der Waals surface area contributed by atoms with Crippen molar-refractivity contribution in [2.45, 2.75) is 13.0 Å². The second-order valence-electron chi connectivity index (χ2n) is 3.95. The number of nitrogens with two attached hydrogens (primary N) is 1. The minimum atomic E-state index is -0.207. The summed E-state index contributed by atoms with van der Waals surface area (Å²) in [5, 5.41) is 17.1. The number of nitrogens with zero attached hydrogens (tertiary/aromatic N) is 1. The Kier molecular flexibility index (Phi) is 3.14. The Morgan fingerprint density at radius 3 is 2.65 bits per heavy atom. The van der Waals surface area contributed by atoms with E-state index in [1.807, 2.05) is 37.3 Å². The van der Waals surface area contributed by atoms with E-state index in [2.05, 4.69) is 22.6 Å². The number of hydrogen-bond acceptors (Lipinski definition) is 3. The van der Waals surface area contributed by atoms with Crippen LogP contribution in [0.2, 0.25) is 0 Å². The number of nitrogens with one attached hydrogen (secondary N) is 1. The van der Waals surface area contributed by atoms with Gasteiger partial charge in [0.25, 0.3) is 0 Å². The van der Waals surface area contributed by atoms with Crippen LogP contribution in [0.3, 0.4) is 0 Å². The van der Waals surface area contributed by atoms with E-state index in [-0.39, 0.29) is 11.9 Å². The molecule has 0 radical (unpaired) electrons. The molecule has 4 heteroatoms. The normalized spacial score (nSPS) is 13.6. The first kappa shape index (κ1) is 11.3. The molecule has 2 aromatic carbocycles. The zero-order valence-electron chi connectivity index (χ0n) is 9.59. The van der Waals surface area contributed by atoms with Crippen molar-refractivity contribution in [3.05, 3.63) is 42.5 Å². The molecule has 0 fully saturated rings. The molecule has 2 aromatic rings. The lowest BCUT2D eigenvalue weighted by Gasteiger charge is -2.14. The van der Waals surface area contributed by atoms with Crippen molar-refractivity contribution in [3.63, 3.8) is 0 Å². The second-order valence-corrected chi connectivity index (χ2v) is 3.95. The number of benzene rings is 2. The first-order valence-electron chi connectivity index (χ1n) is 5.43. The molecule has 4 N–H and O–H groups in total. The highest BCUT2D eigenvalue weighted by molar-refractivity contribution is 5.89. The monoisotopic (exact) mass is 229 g/mol. The van der Waals surface area contributed by atoms with E-state index in [1.165, 1.54) is 5.39 Å². The Hall–Kier alpha value is -2.23. The highest BCUT2D eigenvalue weighted by Gasteiger charge is 2.06. The fourth-order valence-electron chi connectivity index (χ4n) is 1.69. The second kappa shape index (κ2) is 4.74. The third-order valence-electron chi connectivity index (χ3n) is 2.69. The summed E-state index contributed by atoms with van der Waals surface area (Å²) in [5.74, 6) is 0.165. The smallest absolute Gasteiger partial charge is 0.161 e. The molecule has 0 aromatic heterocycles. The summed E-state index contributed by atoms with van der Waals surface area (Å²) in [6, 6.07) is 14.0. The van der Waals surface area contributed by atoms with Crippen molar-refractivity contribution in [1.29, 1.82) is 0 Å². The molecule has 0 aliphatic heterocycles. The predicted octanol–water partition coefficient (Wildman–Crippen LogP) is 2.39. The molecule has 17 heavy (non-hydrogen) atoms. The lowest BCUT2D eigenvalue weighted by Crippen LogP contribution is -2.32. The lowest BCUT2D eigenvalue weighted by molar-refractivity contribution is 0.316. The van der Waals surface area contributed by atoms with Gasteiger partial charge in [-0.15, -0.1) is 0 Å². The quantitative estimate of drug-likeness (QED) is 0.327. The maximum Gasteiger partial charge on any atom is 0.161 e. The Morgan fingerprint density at radius 1 is 1.24 bits per heavy atom. The third kappa shape index (κ3) is 2.47. The lowest BCUT2D eigenvalue weighted by atomic mass is 10.1. The van der Waals surface area contributed by atoms with Crippen LogP contribution in [0.5, 0.6) is 0 Å². The first-order chi connectivity index (χ1) is 8.20. The SMILES string of the molecule is CC(Nc1ccc2ccccc2c1)C(N)=NO. The number of amidine groups is 1. The van der Waals surface area contributed by atoms with E-state index in [0.717, 1.165) is 11.1 Å². The van der Waals surface area contributed by atoms with E-state index < -0.39 is 0 Å². The van der Waals surface area contributed by atoms with E-state index in [1.54, 1.807) is 0 Å². The molecular weight excluding hydrogens is 214 g/mol. The number of rotatable bonds is 3. The van der Waals surface area contributed by atoms with Crippen LogP contribution < -0.4 is 11.1 Å². The zero-order valence-corrected chi connectivity index (χ0v) is 9.59. The highest BCUT2D eigenvalue weighted by atomic mass is 16.4. The van der Waals surface area contributed by atoms with E-state index in [4.69, 9.17) is 10.9 Å². The topological polar surface area (TPSA) is 70.6 Å². The van der Waals surface area contributed by atoms with E-state index in [9.17, 15) is 0 Å². The van der Waals surface area contributed by atoms with Gasteiger partial charge in [0.15, 0.2) is 5.84 Å². The van der Waals surface area contributed by atoms with Crippen molar-refractivity contribution in [2.24, 2.45) is 10.9 Å². The number of oxime groups is 1. The fourth-order valence-corrected chi connectivity index (χ4v) is 1.69. The minimum absolute atomic E-state index is 0.165. The van der Waals surface area contributed by atoms with Crippen LogP contribution in [-0.4, -0.2) is 17.1 Å². The van der Waals surface area contributed by atoms with Crippen LogP contribution in [0.15, 0.2) is 47.6 Å². The van der Waals surface area contributed by atoms with Gasteiger partial charge in [-0.25, -0.2) is 0 Å². The molecule has 2 rings (SSSR count). The number of hydrogen-bond donors (Lipinski definition) is 3. The van der Waals surface area contributed by atoms with Crippen LogP contribution in [0, 0.1) is 0 Å². The van der Waals surface area contributed by atoms with Crippen LogP contribution in [0.25, 0.3) is 10.8 Å². The van der Waals surface area contributed by atoms with Crippen molar-refractivity contribution in [2.75, 3.05) is 5.32 Å². The predicted molar refractivity (Wildman–Crippen MR) is 70.4 cm³/mol. The standard InChI is InChI=1S/C13H15N3O/c1-9(13(14)16-17)15-12-7-6-10-4-2-3-5-11(10)8-12/h2-9,15,17H,1H3,(H2,14,16). The summed E-state index contributed by atoms with van der Waals surface area (Å²) in [4.78, 5) is 0. The average Bonchev–Trinajstić information content (AvgIpc) is 2.37. The van der Waals surface area contributed by atoms with Gasteiger partial charge in [-0.1, -0.05) is 35.5 Å². The molecule has 0 aliphatic rings. The largest absolute Gasteiger partial charge is 0.409 e. The van der Waals surface area contributed by atoms with Gasteiger partial charge in [-0.3, -0.25) is 0 Å². The Morgan fingerprint density at radius 2 is 1.94 bits per heavy atom. The molecule has 0 heterocycles.